The van der Waals surface area contributed by atoms with Crippen LogP contribution in [-0.4, -0.2) is 5.75 Å². The summed E-state index contributed by atoms with van der Waals surface area (Å²) in [6, 6.07) is 6.52. The minimum absolute atomic E-state index is 0.326. The fraction of sp³-hybridized carbons (Fsp3) is 0.286. The van der Waals surface area contributed by atoms with Gasteiger partial charge in [0, 0.05) is 26.1 Å². The molecule has 20 heavy (non-hydrogen) atoms. The van der Waals surface area contributed by atoms with Crippen molar-refractivity contribution in [2.75, 3.05) is 5.75 Å². The molecular weight excluding hydrogens is 315 g/mol. The van der Waals surface area contributed by atoms with Gasteiger partial charge < -0.3 is 0 Å². The van der Waals surface area contributed by atoms with E-state index in [1.54, 1.807) is 23.5 Å². The second kappa shape index (κ2) is 6.03. The summed E-state index contributed by atoms with van der Waals surface area (Å²) < 4.78 is 14.1. The molecule has 0 amide bonds. The highest BCUT2D eigenvalue weighted by atomic mass is 35.5. The van der Waals surface area contributed by atoms with Gasteiger partial charge in [0.25, 0.3) is 0 Å². The Morgan fingerprint density at radius 3 is 2.90 bits per heavy atom. The van der Waals surface area contributed by atoms with Crippen molar-refractivity contribution in [2.45, 2.75) is 18.2 Å². The first-order valence-corrected chi connectivity index (χ1v) is 8.64. The number of halogens is 2. The third kappa shape index (κ3) is 2.73. The zero-order valence-electron chi connectivity index (χ0n) is 10.7. The summed E-state index contributed by atoms with van der Waals surface area (Å²) in [7, 11) is 0. The Hall–Kier alpha value is -0.590. The maximum absolute atomic E-state index is 14.1. The zero-order valence-corrected chi connectivity index (χ0v) is 13.0. The predicted molar refractivity (Wildman–Crippen MR) is 84.8 cm³/mol. The fourth-order valence-electron chi connectivity index (χ4n) is 2.37. The quantitative estimate of drug-likeness (QED) is 0.663. The molecule has 2 aromatic rings. The summed E-state index contributed by atoms with van der Waals surface area (Å²) in [6.07, 6.45) is 1.09. The smallest absolute Gasteiger partial charge is 0.129 e. The molecule has 1 aromatic carbocycles. The third-order valence-electron chi connectivity index (χ3n) is 3.37. The van der Waals surface area contributed by atoms with Gasteiger partial charge in [0.2, 0.25) is 0 Å². The van der Waals surface area contributed by atoms with Crippen molar-refractivity contribution in [3.63, 3.8) is 0 Å². The fourth-order valence-corrected chi connectivity index (χ4v) is 4.99. The van der Waals surface area contributed by atoms with Gasteiger partial charge >= 0.3 is 0 Å². The number of rotatable bonds is 3. The average molecular weight is 329 g/mol. The van der Waals surface area contributed by atoms with Crippen molar-refractivity contribution in [3.8, 4) is 0 Å². The number of benzene rings is 1. The minimum Gasteiger partial charge on any atom is -0.271 e. The van der Waals surface area contributed by atoms with Crippen LogP contribution in [0.3, 0.4) is 0 Å². The van der Waals surface area contributed by atoms with E-state index in [0.717, 1.165) is 22.8 Å². The van der Waals surface area contributed by atoms with E-state index in [0.29, 0.717) is 10.6 Å². The van der Waals surface area contributed by atoms with E-state index in [9.17, 15) is 4.39 Å². The lowest BCUT2D eigenvalue weighted by molar-refractivity contribution is 0.564. The Morgan fingerprint density at radius 2 is 2.20 bits per heavy atom. The first-order valence-electron chi connectivity index (χ1n) is 6.29. The van der Waals surface area contributed by atoms with Crippen molar-refractivity contribution in [2.24, 2.45) is 5.84 Å². The van der Waals surface area contributed by atoms with Crippen LogP contribution < -0.4 is 11.3 Å². The van der Waals surface area contributed by atoms with Gasteiger partial charge in [-0.15, -0.1) is 11.3 Å². The predicted octanol–water partition coefficient (Wildman–Crippen LogP) is 3.88. The van der Waals surface area contributed by atoms with Crippen LogP contribution in [0.25, 0.3) is 0 Å². The van der Waals surface area contributed by atoms with E-state index < -0.39 is 0 Å². The van der Waals surface area contributed by atoms with Crippen LogP contribution in [0.15, 0.2) is 24.3 Å². The number of thioether (sulfide) groups is 1. The summed E-state index contributed by atoms with van der Waals surface area (Å²) in [5, 5.41) is 0.392. The topological polar surface area (TPSA) is 38.0 Å². The van der Waals surface area contributed by atoms with Crippen molar-refractivity contribution in [1.29, 1.82) is 0 Å². The Labute approximate surface area is 130 Å². The van der Waals surface area contributed by atoms with E-state index in [4.69, 9.17) is 17.4 Å². The molecule has 0 aliphatic carbocycles. The number of hydrogen-bond acceptors (Lipinski definition) is 4. The van der Waals surface area contributed by atoms with Crippen LogP contribution in [0.1, 0.15) is 26.9 Å². The van der Waals surface area contributed by atoms with Gasteiger partial charge in [-0.3, -0.25) is 5.84 Å². The number of nitrogens with one attached hydrogen (secondary N) is 1. The van der Waals surface area contributed by atoms with Crippen molar-refractivity contribution >= 4 is 34.7 Å². The molecule has 0 bridgehead atoms. The summed E-state index contributed by atoms with van der Waals surface area (Å²) in [4.78, 5) is 2.45. The second-order valence-corrected chi connectivity index (χ2v) is 7.38. The van der Waals surface area contributed by atoms with Crippen LogP contribution in [0.4, 0.5) is 4.39 Å². The van der Waals surface area contributed by atoms with Gasteiger partial charge in [0.1, 0.15) is 5.82 Å². The van der Waals surface area contributed by atoms with Gasteiger partial charge in [0.15, 0.2) is 0 Å². The molecule has 0 radical (unpaired) electrons. The molecule has 1 aromatic heterocycles. The first-order chi connectivity index (χ1) is 9.69. The molecule has 0 saturated carbocycles. The highest BCUT2D eigenvalue weighted by Crippen LogP contribution is 2.37. The molecule has 0 spiro atoms. The second-order valence-electron chi connectivity index (χ2n) is 4.67. The monoisotopic (exact) mass is 328 g/mol. The molecule has 106 valence electrons. The maximum Gasteiger partial charge on any atom is 0.129 e. The molecule has 1 atom stereocenters. The number of fused-ring (bicyclic) bond motifs is 1. The number of nitrogens with two attached hydrogens (primary N) is 1. The summed E-state index contributed by atoms with van der Waals surface area (Å²) in [5.74, 6) is 7.51. The van der Waals surface area contributed by atoms with Crippen LogP contribution in [0.2, 0.25) is 5.02 Å². The van der Waals surface area contributed by atoms with Gasteiger partial charge in [-0.2, -0.15) is 11.8 Å². The SMILES string of the molecule is NNC(c1cc2c(s1)CCSC2)c1ccc(Cl)cc1F. The van der Waals surface area contributed by atoms with E-state index in [-0.39, 0.29) is 11.9 Å². The Bertz CT molecular complexity index is 606. The molecule has 1 aliphatic rings. The lowest BCUT2D eigenvalue weighted by Gasteiger charge is -2.15. The summed E-state index contributed by atoms with van der Waals surface area (Å²) in [5.41, 5.74) is 4.61. The molecule has 0 saturated heterocycles. The third-order valence-corrected chi connectivity index (χ3v) is 5.92. The molecule has 6 heteroatoms. The Balaban J connectivity index is 1.98. The van der Waals surface area contributed by atoms with E-state index in [1.807, 2.05) is 11.8 Å². The number of hydrogen-bond donors (Lipinski definition) is 2. The minimum atomic E-state index is -0.332. The molecule has 3 N–H and O–H groups in total. The highest BCUT2D eigenvalue weighted by molar-refractivity contribution is 7.98. The molecule has 2 heterocycles. The van der Waals surface area contributed by atoms with Gasteiger partial charge in [0.05, 0.1) is 6.04 Å². The van der Waals surface area contributed by atoms with Crippen molar-refractivity contribution < 1.29 is 4.39 Å². The maximum atomic E-state index is 14.1. The number of thiophene rings is 1. The van der Waals surface area contributed by atoms with Crippen LogP contribution in [0, 0.1) is 5.82 Å². The Kier molecular flexibility index (Phi) is 4.33. The van der Waals surface area contributed by atoms with Gasteiger partial charge in [-0.1, -0.05) is 17.7 Å². The van der Waals surface area contributed by atoms with Gasteiger partial charge in [-0.05, 0) is 35.9 Å². The van der Waals surface area contributed by atoms with E-state index in [2.05, 4.69) is 11.5 Å². The zero-order chi connectivity index (χ0) is 14.1. The standard InChI is InChI=1S/C14H14ClFN2S2/c15-9-1-2-10(11(16)6-9)14(18-17)13-5-8-7-19-4-3-12(8)20-13/h1-2,5-6,14,18H,3-4,7,17H2. The van der Waals surface area contributed by atoms with Crippen LogP contribution in [-0.2, 0) is 12.2 Å². The Morgan fingerprint density at radius 1 is 1.35 bits per heavy atom. The first kappa shape index (κ1) is 14.4. The van der Waals surface area contributed by atoms with E-state index >= 15 is 0 Å². The molecule has 2 nitrogen and oxygen atoms in total. The molecule has 3 rings (SSSR count). The van der Waals surface area contributed by atoms with Crippen LogP contribution >= 0.6 is 34.7 Å². The number of hydrazine groups is 1. The lowest BCUT2D eigenvalue weighted by Crippen LogP contribution is -2.28. The van der Waals surface area contributed by atoms with Crippen molar-refractivity contribution in [3.05, 3.63) is 56.0 Å². The lowest BCUT2D eigenvalue weighted by atomic mass is 10.0. The van der Waals surface area contributed by atoms with Gasteiger partial charge in [-0.25, -0.2) is 9.82 Å². The average Bonchev–Trinajstić information content (AvgIpc) is 2.85. The molecule has 1 aliphatic heterocycles. The highest BCUT2D eigenvalue weighted by Gasteiger charge is 2.22. The molecule has 1 unspecified atom stereocenters. The normalized spacial score (nSPS) is 15.9. The largest absolute Gasteiger partial charge is 0.271 e. The van der Waals surface area contributed by atoms with E-state index in [1.165, 1.54) is 16.5 Å². The molecular formula is C14H14ClFN2S2. The van der Waals surface area contributed by atoms with Crippen LogP contribution in [0.5, 0.6) is 0 Å². The summed E-state index contributed by atoms with van der Waals surface area (Å²) in [6.45, 7) is 0. The molecule has 0 fully saturated rings. The number of aryl methyl sites for hydroxylation is 1. The summed E-state index contributed by atoms with van der Waals surface area (Å²) >= 11 is 9.46. The van der Waals surface area contributed by atoms with Crippen molar-refractivity contribution in [1.82, 2.24) is 5.43 Å².